The number of alkyl halides is 3. The van der Waals surface area contributed by atoms with Crippen LogP contribution in [0.25, 0.3) is 22.3 Å². The lowest BCUT2D eigenvalue weighted by atomic mass is 9.93. The number of halogens is 3. The molecular formula is C32H38F3N7O4S. The Balaban J connectivity index is 1.36. The van der Waals surface area contributed by atoms with Crippen molar-refractivity contribution in [3.63, 3.8) is 0 Å². The molecular weight excluding hydrogens is 635 g/mol. The summed E-state index contributed by atoms with van der Waals surface area (Å²) in [4.78, 5) is 21.5. The van der Waals surface area contributed by atoms with Crippen LogP contribution in [0, 0.1) is 0 Å². The van der Waals surface area contributed by atoms with Crippen LogP contribution in [0.3, 0.4) is 0 Å². The van der Waals surface area contributed by atoms with Gasteiger partial charge in [-0.15, -0.1) is 0 Å². The van der Waals surface area contributed by atoms with Crippen LogP contribution in [0.15, 0.2) is 59.6 Å². The number of carbonyl (C=O) groups is 1. The van der Waals surface area contributed by atoms with Crippen LogP contribution in [-0.4, -0.2) is 71.6 Å². The average molecular weight is 674 g/mol. The van der Waals surface area contributed by atoms with E-state index in [2.05, 4.69) is 22.5 Å². The summed E-state index contributed by atoms with van der Waals surface area (Å²) < 4.78 is 67.1. The number of amides is 1. The van der Waals surface area contributed by atoms with Crippen molar-refractivity contribution in [2.45, 2.75) is 75.1 Å². The Kier molecular flexibility index (Phi) is 10.3. The maximum Gasteiger partial charge on any atom is 0.390 e. The van der Waals surface area contributed by atoms with Gasteiger partial charge in [0.2, 0.25) is 5.95 Å². The Morgan fingerprint density at radius 1 is 1.04 bits per heavy atom. The molecule has 47 heavy (non-hydrogen) atoms. The van der Waals surface area contributed by atoms with E-state index in [0.717, 1.165) is 41.9 Å². The number of hydrogen-bond donors (Lipinski definition) is 3. The third kappa shape index (κ3) is 8.01. The number of aromatic nitrogens is 4. The molecule has 4 aromatic rings. The van der Waals surface area contributed by atoms with Crippen LogP contribution in [0.5, 0.6) is 0 Å². The van der Waals surface area contributed by atoms with Crippen LogP contribution < -0.4 is 14.9 Å². The number of nitrogens with one attached hydrogen (secondary N) is 2. The molecule has 0 radical (unpaired) electrons. The molecule has 2 heterocycles. The van der Waals surface area contributed by atoms with E-state index >= 15 is 0 Å². The second-order valence-electron chi connectivity index (χ2n) is 11.6. The number of rotatable bonds is 12. The number of anilines is 2. The van der Waals surface area contributed by atoms with Crippen LogP contribution in [0.1, 0.15) is 68.3 Å². The highest BCUT2D eigenvalue weighted by Gasteiger charge is 2.28. The van der Waals surface area contributed by atoms with E-state index in [9.17, 15) is 31.5 Å². The Labute approximate surface area is 271 Å². The van der Waals surface area contributed by atoms with Gasteiger partial charge in [0.05, 0.1) is 34.5 Å². The normalized spacial score (nSPS) is 17.1. The first-order valence-corrected chi connectivity index (χ1v) is 17.0. The molecule has 1 fully saturated rings. The molecule has 1 amide bonds. The number of carbonyl (C=O) groups excluding carboxylic acids is 1. The molecule has 0 unspecified atom stereocenters. The van der Waals surface area contributed by atoms with E-state index in [1.165, 1.54) is 43.4 Å². The van der Waals surface area contributed by atoms with Crippen molar-refractivity contribution < 1.29 is 31.5 Å². The number of unbranched alkanes of at least 4 members (excludes halogenated alkanes) is 1. The predicted molar refractivity (Wildman–Crippen MR) is 173 cm³/mol. The molecule has 1 aliphatic carbocycles. The summed E-state index contributed by atoms with van der Waals surface area (Å²) in [6, 6.07) is 11.9. The lowest BCUT2D eigenvalue weighted by molar-refractivity contribution is -0.133. The van der Waals surface area contributed by atoms with E-state index in [1.807, 2.05) is 4.68 Å². The SMILES string of the molecule is CCCCNc1ncc2c(-c3ccc(S(=O)(=O)N(C)c4ccc(C(=O)NCCC(F)(F)F)cc4)cc3)nn([C@H]3CC[C@H](O)CC3)c2n1. The Morgan fingerprint density at radius 2 is 1.72 bits per heavy atom. The highest BCUT2D eigenvalue weighted by atomic mass is 32.2. The first-order valence-electron chi connectivity index (χ1n) is 15.6. The number of sulfonamides is 1. The Hall–Kier alpha value is -4.24. The molecule has 252 valence electrons. The van der Waals surface area contributed by atoms with Gasteiger partial charge >= 0.3 is 6.18 Å². The fourth-order valence-electron chi connectivity index (χ4n) is 5.48. The third-order valence-corrected chi connectivity index (χ3v) is 10.0. The van der Waals surface area contributed by atoms with E-state index < -0.39 is 35.1 Å². The zero-order valence-corrected chi connectivity index (χ0v) is 27.0. The van der Waals surface area contributed by atoms with Crippen molar-refractivity contribution in [1.29, 1.82) is 0 Å². The van der Waals surface area contributed by atoms with Crippen molar-refractivity contribution in [2.24, 2.45) is 0 Å². The fraction of sp³-hybridized carbons (Fsp3) is 0.438. The largest absolute Gasteiger partial charge is 0.393 e. The smallest absolute Gasteiger partial charge is 0.390 e. The molecule has 11 nitrogen and oxygen atoms in total. The van der Waals surface area contributed by atoms with Crippen LogP contribution in [0.2, 0.25) is 0 Å². The molecule has 2 aromatic carbocycles. The molecule has 0 saturated heterocycles. The maximum atomic E-state index is 13.5. The Bertz CT molecular complexity index is 1790. The third-order valence-electron chi connectivity index (χ3n) is 8.25. The number of hydrogen-bond acceptors (Lipinski definition) is 8. The summed E-state index contributed by atoms with van der Waals surface area (Å²) in [5.41, 5.74) is 2.35. The summed E-state index contributed by atoms with van der Waals surface area (Å²) in [6.45, 7) is 2.29. The van der Waals surface area contributed by atoms with E-state index in [1.54, 1.807) is 18.3 Å². The van der Waals surface area contributed by atoms with Gasteiger partial charge < -0.3 is 15.7 Å². The van der Waals surface area contributed by atoms with Crippen molar-refractivity contribution in [2.75, 3.05) is 29.8 Å². The second-order valence-corrected chi connectivity index (χ2v) is 13.6. The molecule has 2 aromatic heterocycles. The van der Waals surface area contributed by atoms with Gasteiger partial charge in [0, 0.05) is 37.5 Å². The molecule has 1 saturated carbocycles. The van der Waals surface area contributed by atoms with E-state index in [4.69, 9.17) is 10.1 Å². The number of benzene rings is 2. The molecule has 1 aliphatic rings. The zero-order chi connectivity index (χ0) is 33.8. The standard InChI is InChI=1S/C32H38F3N7O4S/c1-3-4-18-37-31-38-20-27-28(40-42(29(27)39-31)24-11-13-25(43)14-12-24)21-7-15-26(16-8-21)47(45,46)41(2)23-9-5-22(6-10-23)30(44)36-19-17-32(33,34)35/h5-10,15-16,20,24-25,43H,3-4,11-14,17-19H2,1-2H3,(H,36,44)(H,37,38,39)/t24-,25-. The molecule has 0 aliphatic heterocycles. The quantitative estimate of drug-likeness (QED) is 0.163. The topological polar surface area (TPSA) is 142 Å². The minimum absolute atomic E-state index is 0.0291. The van der Waals surface area contributed by atoms with E-state index in [-0.39, 0.29) is 28.3 Å². The van der Waals surface area contributed by atoms with Gasteiger partial charge in [-0.1, -0.05) is 25.5 Å². The van der Waals surface area contributed by atoms with Crippen molar-refractivity contribution in [3.05, 3.63) is 60.3 Å². The van der Waals surface area contributed by atoms with Gasteiger partial charge in [-0.3, -0.25) is 9.10 Å². The Morgan fingerprint density at radius 3 is 2.36 bits per heavy atom. The molecule has 0 bridgehead atoms. The van der Waals surface area contributed by atoms with Gasteiger partial charge in [0.25, 0.3) is 15.9 Å². The van der Waals surface area contributed by atoms with Crippen LogP contribution in [0.4, 0.5) is 24.8 Å². The number of fused-ring (bicyclic) bond motifs is 1. The van der Waals surface area contributed by atoms with Crippen LogP contribution >= 0.6 is 0 Å². The fourth-order valence-corrected chi connectivity index (χ4v) is 6.68. The number of nitrogens with zero attached hydrogens (tertiary/aromatic N) is 5. The lowest BCUT2D eigenvalue weighted by Crippen LogP contribution is -2.28. The molecule has 5 rings (SSSR count). The highest BCUT2D eigenvalue weighted by molar-refractivity contribution is 7.92. The van der Waals surface area contributed by atoms with E-state index in [0.29, 0.717) is 35.7 Å². The molecule has 0 atom stereocenters. The lowest BCUT2D eigenvalue weighted by Gasteiger charge is -2.25. The summed E-state index contributed by atoms with van der Waals surface area (Å²) >= 11 is 0. The first-order chi connectivity index (χ1) is 22.4. The summed E-state index contributed by atoms with van der Waals surface area (Å²) in [6.07, 6.45) is 0.746. The first kappa shape index (κ1) is 34.1. The second kappa shape index (κ2) is 14.3. The van der Waals surface area contributed by atoms with Gasteiger partial charge in [0.15, 0.2) is 5.65 Å². The minimum Gasteiger partial charge on any atom is -0.393 e. The molecule has 15 heteroatoms. The summed E-state index contributed by atoms with van der Waals surface area (Å²) in [5.74, 6) is -0.179. The number of aliphatic hydroxyl groups excluding tert-OH is 1. The van der Waals surface area contributed by atoms with Crippen molar-refractivity contribution in [1.82, 2.24) is 25.1 Å². The molecule has 0 spiro atoms. The predicted octanol–water partition coefficient (Wildman–Crippen LogP) is 5.69. The maximum absolute atomic E-state index is 13.5. The summed E-state index contributed by atoms with van der Waals surface area (Å²) in [7, 11) is -2.63. The van der Waals surface area contributed by atoms with Crippen molar-refractivity contribution >= 4 is 38.6 Å². The van der Waals surface area contributed by atoms with Gasteiger partial charge in [-0.2, -0.15) is 23.3 Å². The monoisotopic (exact) mass is 673 g/mol. The summed E-state index contributed by atoms with van der Waals surface area (Å²) in [5, 5.41) is 21.2. The molecule has 3 N–H and O–H groups in total. The van der Waals surface area contributed by atoms with Gasteiger partial charge in [-0.05, 0) is 68.5 Å². The van der Waals surface area contributed by atoms with Crippen LogP contribution in [-0.2, 0) is 10.0 Å². The van der Waals surface area contributed by atoms with Gasteiger partial charge in [0.1, 0.15) is 5.69 Å². The average Bonchev–Trinajstić information content (AvgIpc) is 3.43. The minimum atomic E-state index is -4.38. The van der Waals surface area contributed by atoms with Gasteiger partial charge in [-0.25, -0.2) is 18.1 Å². The number of aliphatic hydroxyl groups is 1. The zero-order valence-electron chi connectivity index (χ0n) is 26.2. The highest BCUT2D eigenvalue weighted by Crippen LogP contribution is 2.35. The van der Waals surface area contributed by atoms with Crippen molar-refractivity contribution in [3.8, 4) is 11.3 Å².